The van der Waals surface area contributed by atoms with Crippen molar-refractivity contribution in [3.05, 3.63) is 158 Å². The second kappa shape index (κ2) is 11.0. The zero-order valence-corrected chi connectivity index (χ0v) is 28.0. The van der Waals surface area contributed by atoms with E-state index in [1.807, 2.05) is 18.3 Å². The van der Waals surface area contributed by atoms with Gasteiger partial charge in [0.05, 0.1) is 17.4 Å². The predicted molar refractivity (Wildman–Crippen MR) is 213 cm³/mol. The highest BCUT2D eigenvalue weighted by molar-refractivity contribution is 7.25. The molecule has 0 aliphatic heterocycles. The molecule has 0 unspecified atom stereocenters. The second-order valence-corrected chi connectivity index (χ2v) is 14.1. The van der Waals surface area contributed by atoms with E-state index in [0.29, 0.717) is 0 Å². The fourth-order valence-electron chi connectivity index (χ4n) is 7.61. The van der Waals surface area contributed by atoms with E-state index in [4.69, 9.17) is 14.4 Å². The first kappa shape index (κ1) is 28.3. The van der Waals surface area contributed by atoms with Crippen LogP contribution in [0, 0.1) is 0 Å². The number of furan rings is 1. The molecule has 4 nitrogen and oxygen atoms in total. The molecule has 0 radical (unpaired) electrons. The zero-order valence-electron chi connectivity index (χ0n) is 27.2. The number of thiophene rings is 1. The van der Waals surface area contributed by atoms with Crippen LogP contribution >= 0.6 is 11.3 Å². The van der Waals surface area contributed by atoms with Crippen molar-refractivity contribution in [1.82, 2.24) is 15.0 Å². The Kier molecular flexibility index (Phi) is 6.09. The van der Waals surface area contributed by atoms with Gasteiger partial charge >= 0.3 is 0 Å². The van der Waals surface area contributed by atoms with E-state index in [0.717, 1.165) is 65.6 Å². The Morgan fingerprint density at radius 1 is 0.510 bits per heavy atom. The molecule has 238 valence electrons. The molecule has 0 fully saturated rings. The molecular formula is C46H27N3OS. The Balaban J connectivity index is 0.905. The lowest BCUT2D eigenvalue weighted by Gasteiger charge is -2.07. The highest BCUT2D eigenvalue weighted by Gasteiger charge is 2.15. The van der Waals surface area contributed by atoms with Gasteiger partial charge < -0.3 is 9.40 Å². The molecule has 11 aromatic rings. The van der Waals surface area contributed by atoms with Crippen LogP contribution in [-0.2, 0) is 0 Å². The lowest BCUT2D eigenvalue weighted by atomic mass is 9.98. The summed E-state index contributed by atoms with van der Waals surface area (Å²) in [5.74, 6) is 0. The van der Waals surface area contributed by atoms with E-state index in [2.05, 4.69) is 145 Å². The molecule has 0 aliphatic rings. The Hall–Kier alpha value is -6.56. The number of hydrogen-bond donors (Lipinski definition) is 1. The van der Waals surface area contributed by atoms with Crippen LogP contribution in [-0.4, -0.2) is 15.0 Å². The van der Waals surface area contributed by atoms with Gasteiger partial charge in [0.1, 0.15) is 21.5 Å². The highest BCUT2D eigenvalue weighted by atomic mass is 32.1. The lowest BCUT2D eigenvalue weighted by Crippen LogP contribution is -1.87. The van der Waals surface area contributed by atoms with Crippen LogP contribution in [0.15, 0.2) is 162 Å². The van der Waals surface area contributed by atoms with Crippen LogP contribution in [0.1, 0.15) is 0 Å². The van der Waals surface area contributed by atoms with Gasteiger partial charge in [0.2, 0.25) is 0 Å². The number of H-pyrrole nitrogens is 1. The minimum absolute atomic E-state index is 0.864. The van der Waals surface area contributed by atoms with E-state index in [-0.39, 0.29) is 0 Å². The van der Waals surface area contributed by atoms with Crippen molar-refractivity contribution in [3.8, 4) is 44.6 Å². The van der Waals surface area contributed by atoms with Crippen molar-refractivity contribution in [2.24, 2.45) is 0 Å². The fraction of sp³-hybridized carbons (Fsp3) is 0. The van der Waals surface area contributed by atoms with E-state index in [1.54, 1.807) is 11.3 Å². The Bertz CT molecular complexity index is 3130. The van der Waals surface area contributed by atoms with Crippen LogP contribution in [0.25, 0.3) is 109 Å². The lowest BCUT2D eigenvalue weighted by molar-refractivity contribution is 0.670. The van der Waals surface area contributed by atoms with Gasteiger partial charge in [-0.15, -0.1) is 11.3 Å². The maximum Gasteiger partial charge on any atom is 0.143 e. The number of nitrogens with zero attached hydrogens (tertiary/aromatic N) is 2. The molecule has 0 saturated heterocycles. The van der Waals surface area contributed by atoms with E-state index in [9.17, 15) is 0 Å². The fourth-order valence-corrected chi connectivity index (χ4v) is 8.62. The van der Waals surface area contributed by atoms with Crippen molar-refractivity contribution in [1.29, 1.82) is 0 Å². The van der Waals surface area contributed by atoms with Crippen molar-refractivity contribution >= 4 is 75.5 Å². The summed E-state index contributed by atoms with van der Waals surface area (Å²) in [7, 11) is 0. The molecule has 0 amide bonds. The number of aromatic nitrogens is 3. The smallest absolute Gasteiger partial charge is 0.143 e. The summed E-state index contributed by atoms with van der Waals surface area (Å²) in [6.45, 7) is 0. The van der Waals surface area contributed by atoms with Crippen molar-refractivity contribution < 1.29 is 4.42 Å². The summed E-state index contributed by atoms with van der Waals surface area (Å²) < 4.78 is 7.47. The molecule has 5 heteroatoms. The number of benzene rings is 7. The normalized spacial score (nSPS) is 11.9. The van der Waals surface area contributed by atoms with Gasteiger partial charge in [-0.2, -0.15) is 0 Å². The molecular weight excluding hydrogens is 643 g/mol. The zero-order chi connectivity index (χ0) is 33.5. The number of rotatable bonds is 4. The number of nitrogens with one attached hydrogen (secondary N) is 1. The first-order valence-corrected chi connectivity index (χ1v) is 17.9. The average Bonchev–Trinajstić information content (AvgIpc) is 3.89. The number of fused-ring (bicyclic) bond motifs is 9. The van der Waals surface area contributed by atoms with Gasteiger partial charge in [0.15, 0.2) is 0 Å². The van der Waals surface area contributed by atoms with Crippen LogP contribution in [0.2, 0.25) is 0 Å². The molecule has 4 heterocycles. The van der Waals surface area contributed by atoms with E-state index >= 15 is 0 Å². The van der Waals surface area contributed by atoms with E-state index in [1.165, 1.54) is 43.2 Å². The third-order valence-electron chi connectivity index (χ3n) is 10.1. The quantitative estimate of drug-likeness (QED) is 0.203. The summed E-state index contributed by atoms with van der Waals surface area (Å²) in [5.41, 5.74) is 13.9. The Morgan fingerprint density at radius 3 is 2.04 bits per heavy atom. The van der Waals surface area contributed by atoms with Gasteiger partial charge in [0.25, 0.3) is 0 Å². The summed E-state index contributed by atoms with van der Waals surface area (Å²) >= 11 is 1.69. The van der Waals surface area contributed by atoms with Crippen molar-refractivity contribution in [2.75, 3.05) is 0 Å². The molecule has 0 bridgehead atoms. The summed E-state index contributed by atoms with van der Waals surface area (Å²) in [5, 5.41) is 5.90. The number of para-hydroxylation sites is 4. The van der Waals surface area contributed by atoms with Crippen LogP contribution in [0.3, 0.4) is 0 Å². The first-order valence-electron chi connectivity index (χ1n) is 17.1. The van der Waals surface area contributed by atoms with Gasteiger partial charge in [-0.25, -0.2) is 4.98 Å². The topological polar surface area (TPSA) is 54.7 Å². The minimum atomic E-state index is 0.864. The molecule has 11 rings (SSSR count). The van der Waals surface area contributed by atoms with Crippen molar-refractivity contribution in [2.45, 2.75) is 0 Å². The molecule has 7 aromatic carbocycles. The largest absolute Gasteiger partial charge is 0.455 e. The highest BCUT2D eigenvalue weighted by Crippen LogP contribution is 2.39. The van der Waals surface area contributed by atoms with Crippen LogP contribution in [0.5, 0.6) is 0 Å². The maximum atomic E-state index is 6.29. The van der Waals surface area contributed by atoms with Crippen molar-refractivity contribution in [3.63, 3.8) is 0 Å². The first-order chi connectivity index (χ1) is 25.2. The standard InChI is InChI=1S/C46H27N3OS/c1-3-13-39-34(7-1)36-11-5-9-32(43(36)48-39)28-17-15-27(16-18-28)31-23-24-42-38(25-31)44-46(51-42)49-40(26-47-44)30-21-19-29(20-22-30)33-10-6-12-37-35-8-2-4-14-41(35)50-45(33)37/h1-26,48H. The van der Waals surface area contributed by atoms with Gasteiger partial charge in [-0.1, -0.05) is 127 Å². The molecule has 0 saturated carbocycles. The molecule has 0 aliphatic carbocycles. The molecule has 4 aromatic heterocycles. The number of aromatic amines is 1. The molecule has 1 N–H and O–H groups in total. The second-order valence-electron chi connectivity index (χ2n) is 13.1. The molecule has 0 atom stereocenters. The predicted octanol–water partition coefficient (Wildman–Crippen LogP) is 13.0. The third-order valence-corrected chi connectivity index (χ3v) is 11.2. The van der Waals surface area contributed by atoms with Crippen LogP contribution in [0.4, 0.5) is 0 Å². The van der Waals surface area contributed by atoms with Crippen LogP contribution < -0.4 is 0 Å². The van der Waals surface area contributed by atoms with E-state index < -0.39 is 0 Å². The monoisotopic (exact) mass is 669 g/mol. The average molecular weight is 670 g/mol. The van der Waals surface area contributed by atoms with Gasteiger partial charge in [-0.05, 0) is 46.5 Å². The third kappa shape index (κ3) is 4.45. The molecule has 0 spiro atoms. The number of hydrogen-bond acceptors (Lipinski definition) is 4. The minimum Gasteiger partial charge on any atom is -0.455 e. The molecule has 51 heavy (non-hydrogen) atoms. The van der Waals surface area contributed by atoms with Gasteiger partial charge in [-0.3, -0.25) is 4.98 Å². The van der Waals surface area contributed by atoms with Gasteiger partial charge in [0, 0.05) is 53.8 Å². The summed E-state index contributed by atoms with van der Waals surface area (Å²) in [6.07, 6.45) is 1.90. The maximum absolute atomic E-state index is 6.29. The summed E-state index contributed by atoms with van der Waals surface area (Å²) in [6, 6.07) is 53.7. The Morgan fingerprint density at radius 2 is 1.18 bits per heavy atom. The summed E-state index contributed by atoms with van der Waals surface area (Å²) in [4.78, 5) is 14.6. The Labute approximate surface area is 296 Å². The SMILES string of the molecule is c1ccc2c(c1)[nH]c1c(-c3ccc(-c4ccc5sc6nc(-c7ccc(-c8cccc9c8oc8ccccc89)cc7)cnc6c5c4)cc3)cccc12.